The van der Waals surface area contributed by atoms with Crippen LogP contribution in [-0.2, 0) is 0 Å². The monoisotopic (exact) mass is 264 g/mol. The van der Waals surface area contributed by atoms with Gasteiger partial charge >= 0.3 is 0 Å². The Morgan fingerprint density at radius 2 is 1.90 bits per heavy atom. The number of hydrogen-bond donors (Lipinski definition) is 0. The van der Waals surface area contributed by atoms with Crippen LogP contribution in [0.5, 0.6) is 0 Å². The summed E-state index contributed by atoms with van der Waals surface area (Å²) in [7, 11) is 0. The van der Waals surface area contributed by atoms with E-state index in [1.807, 2.05) is 0 Å². The van der Waals surface area contributed by atoms with Crippen molar-refractivity contribution in [2.75, 3.05) is 0 Å². The van der Waals surface area contributed by atoms with Gasteiger partial charge in [-0.05, 0) is 80.3 Å². The third-order valence-electron chi connectivity index (χ3n) is 6.75. The lowest BCUT2D eigenvalue weighted by Crippen LogP contribution is -2.26. The molecule has 5 aliphatic rings. The van der Waals surface area contributed by atoms with Gasteiger partial charge in [0.2, 0.25) is 0 Å². The van der Waals surface area contributed by atoms with Crippen LogP contribution in [0.3, 0.4) is 0 Å². The Morgan fingerprint density at radius 3 is 2.70 bits per heavy atom. The highest BCUT2D eigenvalue weighted by Crippen LogP contribution is 2.66. The van der Waals surface area contributed by atoms with Gasteiger partial charge in [0.05, 0.1) is 0 Å². The van der Waals surface area contributed by atoms with Crippen LogP contribution in [0.4, 0.5) is 0 Å². The van der Waals surface area contributed by atoms with Crippen molar-refractivity contribution in [1.82, 2.24) is 0 Å². The first kappa shape index (κ1) is 11.6. The predicted molar refractivity (Wildman–Crippen MR) is 83.2 cm³/mol. The Labute approximate surface area is 122 Å². The van der Waals surface area contributed by atoms with Crippen molar-refractivity contribution >= 4 is 0 Å². The molecule has 0 unspecified atom stereocenters. The minimum absolute atomic E-state index is 0.451. The molecule has 0 aromatic heterocycles. The molecule has 0 heterocycles. The van der Waals surface area contributed by atoms with Crippen LogP contribution >= 0.6 is 0 Å². The fourth-order valence-corrected chi connectivity index (χ4v) is 5.85. The molecule has 4 atom stereocenters. The van der Waals surface area contributed by atoms with Gasteiger partial charge in [0, 0.05) is 5.41 Å². The van der Waals surface area contributed by atoms with E-state index < -0.39 is 0 Å². The zero-order valence-electron chi connectivity index (χ0n) is 12.3. The van der Waals surface area contributed by atoms with E-state index in [9.17, 15) is 0 Å². The van der Waals surface area contributed by atoms with E-state index in [2.05, 4.69) is 30.4 Å². The molecule has 0 nitrogen and oxygen atoms in total. The van der Waals surface area contributed by atoms with Gasteiger partial charge in [0.1, 0.15) is 0 Å². The predicted octanol–water partition coefficient (Wildman–Crippen LogP) is 5.35. The van der Waals surface area contributed by atoms with Crippen LogP contribution in [0.1, 0.15) is 51.4 Å². The topological polar surface area (TPSA) is 0 Å². The van der Waals surface area contributed by atoms with Crippen LogP contribution in [0.25, 0.3) is 0 Å². The largest absolute Gasteiger partial charge is 0.0844 e. The molecular weight excluding hydrogens is 240 g/mol. The first-order chi connectivity index (χ1) is 9.87. The highest BCUT2D eigenvalue weighted by atomic mass is 14.6. The lowest BCUT2D eigenvalue weighted by molar-refractivity contribution is 0.331. The Kier molecular flexibility index (Phi) is 2.32. The van der Waals surface area contributed by atoms with Crippen LogP contribution in [0.2, 0.25) is 0 Å². The van der Waals surface area contributed by atoms with Crippen LogP contribution in [0.15, 0.2) is 47.1 Å². The van der Waals surface area contributed by atoms with Crippen molar-refractivity contribution in [1.29, 1.82) is 0 Å². The smallest absolute Gasteiger partial charge is 0.0162 e. The van der Waals surface area contributed by atoms with Crippen LogP contribution in [-0.4, -0.2) is 0 Å². The summed E-state index contributed by atoms with van der Waals surface area (Å²) in [6.07, 6.45) is 23.9. The van der Waals surface area contributed by atoms with Crippen LogP contribution in [0, 0.1) is 23.2 Å². The van der Waals surface area contributed by atoms with Gasteiger partial charge in [-0.1, -0.05) is 36.0 Å². The molecule has 104 valence electrons. The number of rotatable bonds is 2. The molecule has 0 amide bonds. The summed E-state index contributed by atoms with van der Waals surface area (Å²) < 4.78 is 0. The summed E-state index contributed by atoms with van der Waals surface area (Å²) in [5, 5.41) is 0. The van der Waals surface area contributed by atoms with E-state index in [1.165, 1.54) is 51.4 Å². The van der Waals surface area contributed by atoms with Crippen molar-refractivity contribution in [2.45, 2.75) is 51.4 Å². The minimum atomic E-state index is 0.451. The van der Waals surface area contributed by atoms with Crippen molar-refractivity contribution < 1.29 is 0 Å². The molecule has 1 saturated carbocycles. The first-order valence-electron chi connectivity index (χ1n) is 8.66. The Hall–Kier alpha value is -1.04. The molecule has 0 aromatic rings. The Bertz CT molecular complexity index is 571. The van der Waals surface area contributed by atoms with E-state index in [0.717, 1.165) is 17.8 Å². The maximum absolute atomic E-state index is 2.71. The van der Waals surface area contributed by atoms with Crippen molar-refractivity contribution in [3.05, 3.63) is 47.1 Å². The number of hydrogen-bond acceptors (Lipinski definition) is 0. The molecule has 0 heteroatoms. The zero-order chi connectivity index (χ0) is 13.2. The second kappa shape index (κ2) is 4.00. The molecule has 20 heavy (non-hydrogen) atoms. The summed E-state index contributed by atoms with van der Waals surface area (Å²) in [4.78, 5) is 0. The molecular formula is C20H24. The maximum atomic E-state index is 2.71. The molecule has 0 radical (unpaired) electrons. The van der Waals surface area contributed by atoms with E-state index in [4.69, 9.17) is 0 Å². The summed E-state index contributed by atoms with van der Waals surface area (Å²) in [5.41, 5.74) is 5.68. The first-order valence-corrected chi connectivity index (χ1v) is 8.66. The fraction of sp³-hybridized carbons (Fsp3) is 0.600. The van der Waals surface area contributed by atoms with Crippen molar-refractivity contribution in [2.24, 2.45) is 23.2 Å². The molecule has 1 fully saturated rings. The lowest BCUT2D eigenvalue weighted by Gasteiger charge is -2.33. The third kappa shape index (κ3) is 1.38. The maximum Gasteiger partial charge on any atom is 0.0162 e. The molecule has 0 aromatic carbocycles. The molecule has 5 aliphatic carbocycles. The standard InChI is InChI=1S/C20H24/c1-2-6-14(5-1)16-11-18-15-9-10-20(13-15,19(18)12-16)17-7-3-4-8-17/h5,7,9-10,12,15,18-19H,1-4,6,8,11,13H2/t15-,18-,19-,20+/m1/s1. The highest BCUT2D eigenvalue weighted by Gasteiger charge is 2.57. The summed E-state index contributed by atoms with van der Waals surface area (Å²) in [6, 6.07) is 0. The third-order valence-corrected chi connectivity index (χ3v) is 6.75. The van der Waals surface area contributed by atoms with Gasteiger partial charge in [0.15, 0.2) is 0 Å². The second-order valence-electron chi connectivity index (χ2n) is 7.60. The van der Waals surface area contributed by atoms with Crippen molar-refractivity contribution in [3.8, 4) is 0 Å². The quantitative estimate of drug-likeness (QED) is 0.590. The van der Waals surface area contributed by atoms with E-state index >= 15 is 0 Å². The molecule has 0 spiro atoms. The van der Waals surface area contributed by atoms with Crippen LogP contribution < -0.4 is 0 Å². The minimum Gasteiger partial charge on any atom is -0.0844 e. The summed E-state index contributed by atoms with van der Waals surface area (Å²) >= 11 is 0. The number of allylic oxidation sites excluding steroid dienone is 8. The normalized spacial score (nSPS) is 44.8. The molecule has 0 saturated heterocycles. The van der Waals surface area contributed by atoms with Gasteiger partial charge in [-0.3, -0.25) is 0 Å². The fourth-order valence-electron chi connectivity index (χ4n) is 5.85. The van der Waals surface area contributed by atoms with Gasteiger partial charge in [0.25, 0.3) is 0 Å². The highest BCUT2D eigenvalue weighted by molar-refractivity contribution is 5.45. The molecule has 0 aliphatic heterocycles. The SMILES string of the molecule is C1=C[C@@]2(C3=CCCC3)C[C@@H]1[C@H]1CC(C3=CCCC3)=C[C@H]12. The van der Waals surface area contributed by atoms with E-state index in [1.54, 1.807) is 16.7 Å². The average Bonchev–Trinajstić information content (AvgIpc) is 3.23. The van der Waals surface area contributed by atoms with E-state index in [0.29, 0.717) is 5.41 Å². The van der Waals surface area contributed by atoms with Gasteiger partial charge in [-0.15, -0.1) is 0 Å². The molecule has 0 N–H and O–H groups in total. The van der Waals surface area contributed by atoms with Gasteiger partial charge < -0.3 is 0 Å². The lowest BCUT2D eigenvalue weighted by atomic mass is 9.70. The zero-order valence-corrected chi connectivity index (χ0v) is 12.3. The van der Waals surface area contributed by atoms with Crippen molar-refractivity contribution in [3.63, 3.8) is 0 Å². The summed E-state index contributed by atoms with van der Waals surface area (Å²) in [5.74, 6) is 2.63. The van der Waals surface area contributed by atoms with E-state index in [-0.39, 0.29) is 0 Å². The number of fused-ring (bicyclic) bond motifs is 5. The van der Waals surface area contributed by atoms with Gasteiger partial charge in [-0.25, -0.2) is 0 Å². The average molecular weight is 264 g/mol. The molecule has 5 rings (SSSR count). The Balaban J connectivity index is 1.53. The Morgan fingerprint density at radius 1 is 1.00 bits per heavy atom. The second-order valence-corrected chi connectivity index (χ2v) is 7.60. The molecule has 2 bridgehead atoms. The summed E-state index contributed by atoms with van der Waals surface area (Å²) in [6.45, 7) is 0. The van der Waals surface area contributed by atoms with Gasteiger partial charge in [-0.2, -0.15) is 0 Å².